The van der Waals surface area contributed by atoms with Crippen LogP contribution >= 0.6 is 0 Å². The largest absolute Gasteiger partial charge is 0.458 e. The van der Waals surface area contributed by atoms with Crippen LogP contribution in [0, 0.1) is 0 Å². The van der Waals surface area contributed by atoms with Crippen LogP contribution in [0.25, 0.3) is 0 Å². The van der Waals surface area contributed by atoms with Gasteiger partial charge in [-0.1, -0.05) is 0 Å². The minimum absolute atomic E-state index is 0.209. The molecule has 0 aliphatic carbocycles. The Morgan fingerprint density at radius 2 is 2.10 bits per heavy atom. The van der Waals surface area contributed by atoms with Crippen molar-refractivity contribution < 1.29 is 14.3 Å². The van der Waals surface area contributed by atoms with Crippen molar-refractivity contribution >= 4 is 11.9 Å². The highest BCUT2D eigenvalue weighted by molar-refractivity contribution is 5.95. The fourth-order valence-corrected chi connectivity index (χ4v) is 2.30. The average molecular weight is 279 g/mol. The summed E-state index contributed by atoms with van der Waals surface area (Å²) in [5.41, 5.74) is -0.178. The first kappa shape index (κ1) is 14.6. The van der Waals surface area contributed by atoms with Gasteiger partial charge in [0.2, 0.25) is 0 Å². The van der Waals surface area contributed by atoms with E-state index in [1.54, 1.807) is 28.9 Å². The second-order valence-corrected chi connectivity index (χ2v) is 6.06. The first-order valence-electron chi connectivity index (χ1n) is 6.81. The number of aryl methyl sites for hydroxylation is 1. The van der Waals surface area contributed by atoms with Crippen LogP contribution < -0.4 is 0 Å². The zero-order valence-corrected chi connectivity index (χ0v) is 12.4. The zero-order chi connectivity index (χ0) is 14.9. The van der Waals surface area contributed by atoms with Gasteiger partial charge in [-0.15, -0.1) is 0 Å². The van der Waals surface area contributed by atoms with Crippen molar-refractivity contribution in [1.29, 1.82) is 0 Å². The lowest BCUT2D eigenvalue weighted by Crippen LogP contribution is -2.43. The van der Waals surface area contributed by atoms with Crippen molar-refractivity contribution in [2.45, 2.75) is 45.3 Å². The summed E-state index contributed by atoms with van der Waals surface area (Å²) in [6.07, 6.45) is 3.17. The Labute approximate surface area is 118 Å². The van der Waals surface area contributed by atoms with Crippen LogP contribution in [0.3, 0.4) is 0 Å². The van der Waals surface area contributed by atoms with Gasteiger partial charge >= 0.3 is 5.97 Å². The summed E-state index contributed by atoms with van der Waals surface area (Å²) in [6, 6.07) is 1.16. The maximum Gasteiger partial charge on any atom is 0.329 e. The number of likely N-dealkylation sites (tertiary alicyclic amines) is 1. The molecule has 110 valence electrons. The summed E-state index contributed by atoms with van der Waals surface area (Å²) in [4.78, 5) is 26.1. The van der Waals surface area contributed by atoms with Crippen molar-refractivity contribution in [3.63, 3.8) is 0 Å². The lowest BCUT2D eigenvalue weighted by Gasteiger charge is -2.27. The third-order valence-electron chi connectivity index (χ3n) is 3.13. The van der Waals surface area contributed by atoms with Crippen molar-refractivity contribution in [3.8, 4) is 0 Å². The van der Waals surface area contributed by atoms with Crippen LogP contribution in [0.4, 0.5) is 0 Å². The number of aromatic nitrogens is 2. The lowest BCUT2D eigenvalue weighted by atomic mass is 10.1. The third kappa shape index (κ3) is 3.18. The summed E-state index contributed by atoms with van der Waals surface area (Å²) in [5.74, 6) is -0.543. The molecule has 6 nitrogen and oxygen atoms in total. The predicted molar refractivity (Wildman–Crippen MR) is 73.1 cm³/mol. The molecule has 0 unspecified atom stereocenters. The van der Waals surface area contributed by atoms with Crippen molar-refractivity contribution in [2.24, 2.45) is 7.05 Å². The summed E-state index contributed by atoms with van der Waals surface area (Å²) >= 11 is 0. The molecular formula is C14H21N3O3. The molecule has 0 N–H and O–H groups in total. The van der Waals surface area contributed by atoms with E-state index in [9.17, 15) is 9.59 Å². The van der Waals surface area contributed by atoms with E-state index >= 15 is 0 Å². The Bertz CT molecular complexity index is 516. The van der Waals surface area contributed by atoms with E-state index in [1.807, 2.05) is 20.8 Å². The molecule has 0 radical (unpaired) electrons. The van der Waals surface area contributed by atoms with Crippen LogP contribution in [-0.2, 0) is 16.6 Å². The molecule has 2 heterocycles. The summed E-state index contributed by atoms with van der Waals surface area (Å²) in [7, 11) is 1.76. The van der Waals surface area contributed by atoms with Crippen molar-refractivity contribution in [1.82, 2.24) is 14.7 Å². The van der Waals surface area contributed by atoms with E-state index in [0.717, 1.165) is 6.42 Å². The number of ether oxygens (including phenoxy) is 1. The molecule has 1 aliphatic heterocycles. The fraction of sp³-hybridized carbons (Fsp3) is 0.643. The van der Waals surface area contributed by atoms with Gasteiger partial charge in [-0.05, 0) is 39.7 Å². The smallest absolute Gasteiger partial charge is 0.329 e. The van der Waals surface area contributed by atoms with Gasteiger partial charge < -0.3 is 9.64 Å². The molecule has 1 aromatic rings. The van der Waals surface area contributed by atoms with Crippen LogP contribution in [0.15, 0.2) is 12.3 Å². The van der Waals surface area contributed by atoms with E-state index in [0.29, 0.717) is 18.7 Å². The summed E-state index contributed by atoms with van der Waals surface area (Å²) in [5, 5.41) is 4.10. The number of hydrogen-bond acceptors (Lipinski definition) is 4. The normalized spacial score (nSPS) is 19.2. The van der Waals surface area contributed by atoms with Crippen molar-refractivity contribution in [2.75, 3.05) is 6.54 Å². The molecule has 6 heteroatoms. The monoisotopic (exact) mass is 279 g/mol. The van der Waals surface area contributed by atoms with Gasteiger partial charge in [-0.25, -0.2) is 4.79 Å². The van der Waals surface area contributed by atoms with Gasteiger partial charge in [-0.2, -0.15) is 5.10 Å². The van der Waals surface area contributed by atoms with Crippen LogP contribution in [0.5, 0.6) is 0 Å². The van der Waals surface area contributed by atoms with Gasteiger partial charge in [0.15, 0.2) is 0 Å². The Hall–Kier alpha value is -1.85. The molecule has 1 aliphatic rings. The quantitative estimate of drug-likeness (QED) is 0.767. The van der Waals surface area contributed by atoms with E-state index in [-0.39, 0.29) is 11.9 Å². The van der Waals surface area contributed by atoms with Gasteiger partial charge in [0, 0.05) is 19.8 Å². The first-order valence-corrected chi connectivity index (χ1v) is 6.81. The molecular weight excluding hydrogens is 258 g/mol. The maximum atomic E-state index is 12.4. The minimum atomic E-state index is -0.542. The first-order chi connectivity index (χ1) is 9.28. The molecule has 1 saturated heterocycles. The Balaban J connectivity index is 2.11. The lowest BCUT2D eigenvalue weighted by molar-refractivity contribution is -0.159. The van der Waals surface area contributed by atoms with Crippen LogP contribution in [0.1, 0.15) is 44.1 Å². The molecule has 0 aromatic carbocycles. The Kier molecular flexibility index (Phi) is 3.83. The van der Waals surface area contributed by atoms with Gasteiger partial charge in [-0.3, -0.25) is 9.48 Å². The SMILES string of the molecule is Cn1ccc(C(=O)N2CCC[C@@H]2C(=O)OC(C)(C)C)n1. The second kappa shape index (κ2) is 5.26. The van der Waals surface area contributed by atoms with E-state index in [1.165, 1.54) is 0 Å². The number of carbonyl (C=O) groups is 2. The second-order valence-electron chi connectivity index (χ2n) is 6.06. The van der Waals surface area contributed by atoms with E-state index < -0.39 is 11.6 Å². The summed E-state index contributed by atoms with van der Waals surface area (Å²) in [6.45, 7) is 6.04. The number of esters is 1. The molecule has 1 aromatic heterocycles. The molecule has 0 spiro atoms. The molecule has 0 bridgehead atoms. The number of nitrogens with zero attached hydrogens (tertiary/aromatic N) is 3. The molecule has 1 atom stereocenters. The standard InChI is InChI=1S/C14H21N3O3/c1-14(2,3)20-13(19)11-6-5-8-17(11)12(18)10-7-9-16(4)15-10/h7,9,11H,5-6,8H2,1-4H3/t11-/m1/s1. The molecule has 20 heavy (non-hydrogen) atoms. The number of hydrogen-bond donors (Lipinski definition) is 0. The summed E-state index contributed by atoms with van der Waals surface area (Å²) < 4.78 is 6.96. The number of carbonyl (C=O) groups excluding carboxylic acids is 2. The minimum Gasteiger partial charge on any atom is -0.458 e. The van der Waals surface area contributed by atoms with E-state index in [4.69, 9.17) is 4.74 Å². The predicted octanol–water partition coefficient (Wildman–Crippen LogP) is 1.37. The fourth-order valence-electron chi connectivity index (χ4n) is 2.30. The van der Waals surface area contributed by atoms with Gasteiger partial charge in [0.05, 0.1) is 0 Å². The maximum absolute atomic E-state index is 12.4. The highest BCUT2D eigenvalue weighted by Gasteiger charge is 2.37. The van der Waals surface area contributed by atoms with Crippen molar-refractivity contribution in [3.05, 3.63) is 18.0 Å². The number of amides is 1. The Morgan fingerprint density at radius 3 is 2.65 bits per heavy atom. The third-order valence-corrected chi connectivity index (χ3v) is 3.13. The highest BCUT2D eigenvalue weighted by Crippen LogP contribution is 2.22. The average Bonchev–Trinajstić information content (AvgIpc) is 2.93. The highest BCUT2D eigenvalue weighted by atomic mass is 16.6. The molecule has 1 amide bonds. The molecule has 1 fully saturated rings. The number of rotatable bonds is 2. The van der Waals surface area contributed by atoms with Crippen LogP contribution in [0.2, 0.25) is 0 Å². The molecule has 0 saturated carbocycles. The topological polar surface area (TPSA) is 64.4 Å². The Morgan fingerprint density at radius 1 is 1.40 bits per heavy atom. The van der Waals surface area contributed by atoms with Gasteiger partial charge in [0.1, 0.15) is 17.3 Å². The van der Waals surface area contributed by atoms with E-state index in [2.05, 4.69) is 5.10 Å². The zero-order valence-electron chi connectivity index (χ0n) is 12.4. The van der Waals surface area contributed by atoms with Crippen LogP contribution in [-0.4, -0.2) is 44.7 Å². The molecule has 2 rings (SSSR count). The van der Waals surface area contributed by atoms with Gasteiger partial charge in [0.25, 0.3) is 5.91 Å².